The fraction of sp³-hybridized carbons (Fsp3) is 0.615. The van der Waals surface area contributed by atoms with Gasteiger partial charge in [0, 0.05) is 6.20 Å². The summed E-state index contributed by atoms with van der Waals surface area (Å²) in [5.74, 6) is 0.961. The Labute approximate surface area is 102 Å². The van der Waals surface area contributed by atoms with E-state index in [4.69, 9.17) is 4.74 Å². The van der Waals surface area contributed by atoms with Crippen LogP contribution in [-0.4, -0.2) is 17.3 Å². The Kier molecular flexibility index (Phi) is 3.15. The second-order valence-corrected chi connectivity index (χ2v) is 6.10. The first-order chi connectivity index (χ1) is 7.52. The fourth-order valence-electron chi connectivity index (χ4n) is 1.62. The number of nitrogens with zero attached hydrogens (tertiary/aromatic N) is 1. The molecule has 2 nitrogen and oxygen atoms in total. The van der Waals surface area contributed by atoms with E-state index in [9.17, 15) is 0 Å². The fourth-order valence-corrected chi connectivity index (χ4v) is 2.50. The van der Waals surface area contributed by atoms with Gasteiger partial charge in [0.15, 0.2) is 5.75 Å². The van der Waals surface area contributed by atoms with Gasteiger partial charge in [0.25, 0.3) is 0 Å². The van der Waals surface area contributed by atoms with E-state index in [2.05, 4.69) is 32.0 Å². The highest BCUT2D eigenvalue weighted by molar-refractivity contribution is 7.98. The number of thioether (sulfide) groups is 1. The van der Waals surface area contributed by atoms with E-state index in [0.29, 0.717) is 6.10 Å². The molecular weight excluding hydrogens is 218 g/mol. The van der Waals surface area contributed by atoms with Crippen molar-refractivity contribution in [2.45, 2.75) is 50.0 Å². The largest absolute Gasteiger partial charge is 0.488 e. The van der Waals surface area contributed by atoms with Gasteiger partial charge in [-0.05, 0) is 30.1 Å². The van der Waals surface area contributed by atoms with Crippen LogP contribution in [0.15, 0.2) is 17.3 Å². The second-order valence-electron chi connectivity index (χ2n) is 5.29. The van der Waals surface area contributed by atoms with E-state index < -0.39 is 0 Å². The minimum atomic E-state index is 0.119. The SMILES string of the molecule is CSc1c(OC2CC2)cncc1C(C)(C)C. The molecule has 0 bridgehead atoms. The molecule has 1 saturated carbocycles. The molecule has 0 radical (unpaired) electrons. The first kappa shape index (κ1) is 11.8. The van der Waals surface area contributed by atoms with Crippen LogP contribution < -0.4 is 4.74 Å². The lowest BCUT2D eigenvalue weighted by Gasteiger charge is -2.23. The third-order valence-electron chi connectivity index (χ3n) is 2.69. The third-order valence-corrected chi connectivity index (χ3v) is 3.52. The van der Waals surface area contributed by atoms with Gasteiger partial charge in [-0.1, -0.05) is 20.8 Å². The highest BCUT2D eigenvalue weighted by atomic mass is 32.2. The molecule has 88 valence electrons. The summed E-state index contributed by atoms with van der Waals surface area (Å²) in [6, 6.07) is 0. The summed E-state index contributed by atoms with van der Waals surface area (Å²) < 4.78 is 5.90. The molecule has 0 spiro atoms. The minimum absolute atomic E-state index is 0.119. The number of ether oxygens (including phenoxy) is 1. The monoisotopic (exact) mass is 237 g/mol. The number of hydrogen-bond donors (Lipinski definition) is 0. The molecule has 0 amide bonds. The summed E-state index contributed by atoms with van der Waals surface area (Å²) >= 11 is 1.75. The van der Waals surface area contributed by atoms with Crippen molar-refractivity contribution in [3.8, 4) is 5.75 Å². The predicted octanol–water partition coefficient (Wildman–Crippen LogP) is 3.64. The summed E-state index contributed by atoms with van der Waals surface area (Å²) in [6.07, 6.45) is 8.72. The zero-order chi connectivity index (χ0) is 11.8. The van der Waals surface area contributed by atoms with Crippen LogP contribution in [0.25, 0.3) is 0 Å². The molecule has 1 aromatic rings. The van der Waals surface area contributed by atoms with Gasteiger partial charge in [-0.2, -0.15) is 0 Å². The van der Waals surface area contributed by atoms with Gasteiger partial charge in [-0.3, -0.25) is 4.98 Å². The normalized spacial score (nSPS) is 16.2. The highest BCUT2D eigenvalue weighted by Crippen LogP contribution is 2.39. The molecule has 0 aliphatic heterocycles. The second kappa shape index (κ2) is 4.28. The quantitative estimate of drug-likeness (QED) is 0.749. The number of hydrogen-bond acceptors (Lipinski definition) is 3. The molecule has 0 aromatic carbocycles. The Bertz CT molecular complexity index is 380. The number of rotatable bonds is 3. The summed E-state index contributed by atoms with van der Waals surface area (Å²) in [5.41, 5.74) is 1.40. The molecule has 1 aliphatic rings. The maximum atomic E-state index is 5.90. The van der Waals surface area contributed by atoms with Gasteiger partial charge < -0.3 is 4.74 Å². The van der Waals surface area contributed by atoms with Crippen molar-refractivity contribution in [2.24, 2.45) is 0 Å². The average molecular weight is 237 g/mol. The topological polar surface area (TPSA) is 22.1 Å². The zero-order valence-corrected chi connectivity index (χ0v) is 11.2. The summed E-state index contributed by atoms with van der Waals surface area (Å²) in [4.78, 5) is 5.55. The molecule has 1 heterocycles. The van der Waals surface area contributed by atoms with Crippen LogP contribution in [0.5, 0.6) is 5.75 Å². The van der Waals surface area contributed by atoms with E-state index >= 15 is 0 Å². The summed E-state index contributed by atoms with van der Waals surface area (Å²) in [5, 5.41) is 0. The first-order valence-corrected chi connectivity index (χ1v) is 6.94. The van der Waals surface area contributed by atoms with Crippen LogP contribution in [0.3, 0.4) is 0 Å². The van der Waals surface area contributed by atoms with Crippen LogP contribution >= 0.6 is 11.8 Å². The maximum absolute atomic E-state index is 5.90. The van der Waals surface area contributed by atoms with Crippen LogP contribution in [-0.2, 0) is 5.41 Å². The lowest BCUT2D eigenvalue weighted by Crippen LogP contribution is -2.14. The summed E-state index contributed by atoms with van der Waals surface area (Å²) in [6.45, 7) is 6.64. The molecule has 16 heavy (non-hydrogen) atoms. The van der Waals surface area contributed by atoms with Crippen molar-refractivity contribution < 1.29 is 4.74 Å². The molecule has 0 saturated heterocycles. The molecule has 1 aromatic heterocycles. The predicted molar refractivity (Wildman–Crippen MR) is 68.4 cm³/mol. The number of aromatic nitrogens is 1. The van der Waals surface area contributed by atoms with Crippen LogP contribution in [0.1, 0.15) is 39.2 Å². The molecule has 2 rings (SSSR count). The standard InChI is InChI=1S/C13H19NOS/c1-13(2,3)10-7-14-8-11(12(10)16-4)15-9-5-6-9/h7-9H,5-6H2,1-4H3. The van der Waals surface area contributed by atoms with Gasteiger partial charge >= 0.3 is 0 Å². The van der Waals surface area contributed by atoms with Crippen molar-refractivity contribution in [3.63, 3.8) is 0 Å². The first-order valence-electron chi connectivity index (χ1n) is 5.71. The van der Waals surface area contributed by atoms with E-state index in [1.807, 2.05) is 12.4 Å². The molecule has 0 unspecified atom stereocenters. The zero-order valence-electron chi connectivity index (χ0n) is 10.4. The Morgan fingerprint density at radius 1 is 1.31 bits per heavy atom. The van der Waals surface area contributed by atoms with Crippen molar-refractivity contribution in [3.05, 3.63) is 18.0 Å². The van der Waals surface area contributed by atoms with Crippen LogP contribution in [0.2, 0.25) is 0 Å². The highest BCUT2D eigenvalue weighted by Gasteiger charge is 2.27. The van der Waals surface area contributed by atoms with Crippen molar-refractivity contribution in [2.75, 3.05) is 6.26 Å². The van der Waals surface area contributed by atoms with Crippen molar-refractivity contribution in [1.29, 1.82) is 0 Å². The smallest absolute Gasteiger partial charge is 0.151 e. The molecule has 0 N–H and O–H groups in total. The molecule has 1 aliphatic carbocycles. The van der Waals surface area contributed by atoms with E-state index in [1.54, 1.807) is 11.8 Å². The van der Waals surface area contributed by atoms with Crippen molar-refractivity contribution in [1.82, 2.24) is 4.98 Å². The van der Waals surface area contributed by atoms with Gasteiger partial charge in [0.2, 0.25) is 0 Å². The van der Waals surface area contributed by atoms with Gasteiger partial charge in [0.1, 0.15) is 0 Å². The van der Waals surface area contributed by atoms with Gasteiger partial charge in [0.05, 0.1) is 17.2 Å². The average Bonchev–Trinajstić information content (AvgIpc) is 3.00. The van der Waals surface area contributed by atoms with Crippen LogP contribution in [0, 0.1) is 0 Å². The molecule has 0 atom stereocenters. The van der Waals surface area contributed by atoms with E-state index in [0.717, 1.165) is 5.75 Å². The number of pyridine rings is 1. The summed E-state index contributed by atoms with van der Waals surface area (Å²) in [7, 11) is 0. The Morgan fingerprint density at radius 3 is 2.50 bits per heavy atom. The lowest BCUT2D eigenvalue weighted by molar-refractivity contribution is 0.293. The third kappa shape index (κ3) is 2.51. The van der Waals surface area contributed by atoms with Gasteiger partial charge in [-0.25, -0.2) is 0 Å². The van der Waals surface area contributed by atoms with Gasteiger partial charge in [-0.15, -0.1) is 11.8 Å². The van der Waals surface area contributed by atoms with E-state index in [1.165, 1.54) is 23.3 Å². The van der Waals surface area contributed by atoms with E-state index in [-0.39, 0.29) is 5.41 Å². The van der Waals surface area contributed by atoms with Crippen molar-refractivity contribution >= 4 is 11.8 Å². The lowest BCUT2D eigenvalue weighted by atomic mass is 9.88. The molecule has 1 fully saturated rings. The maximum Gasteiger partial charge on any atom is 0.151 e. The Morgan fingerprint density at radius 2 is 2.00 bits per heavy atom. The van der Waals surface area contributed by atoms with Crippen LogP contribution in [0.4, 0.5) is 0 Å². The molecular formula is C13H19NOS. The molecule has 3 heteroatoms. The minimum Gasteiger partial charge on any atom is -0.488 e. The Balaban J connectivity index is 2.37. The Hall–Kier alpha value is -0.700.